The van der Waals surface area contributed by atoms with Crippen LogP contribution in [0.1, 0.15) is 20.8 Å². The molecule has 0 aliphatic carbocycles. The maximum Gasteiger partial charge on any atom is 0.407 e. The van der Waals surface area contributed by atoms with Crippen LogP contribution in [0.5, 0.6) is 0 Å². The Bertz CT molecular complexity index is 215. The minimum absolute atomic E-state index is 0.0312. The van der Waals surface area contributed by atoms with E-state index in [0.29, 0.717) is 19.8 Å². The molecule has 0 radical (unpaired) electrons. The van der Waals surface area contributed by atoms with Crippen molar-refractivity contribution in [3.8, 4) is 0 Å². The van der Waals surface area contributed by atoms with Gasteiger partial charge in [0.1, 0.15) is 5.60 Å². The third-order valence-corrected chi connectivity index (χ3v) is 1.80. The normalized spacial score (nSPS) is 11.7. The molecule has 1 N–H and O–H groups in total. The van der Waals surface area contributed by atoms with E-state index < -0.39 is 11.7 Å². The fourth-order valence-electron chi connectivity index (χ4n) is 0.695. The zero-order valence-corrected chi connectivity index (χ0v) is 11.0. The van der Waals surface area contributed by atoms with Crippen LogP contribution >= 0.6 is 9.03 Å². The first kappa shape index (κ1) is 15.4. The van der Waals surface area contributed by atoms with E-state index in [0.717, 1.165) is 0 Å². The molecule has 0 heterocycles. The second kappa shape index (κ2) is 8.50. The van der Waals surface area contributed by atoms with Crippen molar-refractivity contribution in [1.82, 2.24) is 5.32 Å². The Morgan fingerprint density at radius 3 is 2.69 bits per heavy atom. The van der Waals surface area contributed by atoms with E-state index in [1.165, 1.54) is 0 Å². The Balaban J connectivity index is 3.31. The lowest BCUT2D eigenvalue weighted by Gasteiger charge is -2.19. The second-order valence-corrected chi connectivity index (χ2v) is 4.70. The topological polar surface area (TPSA) is 56.8 Å². The molecule has 1 atom stereocenters. The average molecular weight is 249 g/mol. The molecule has 0 spiro atoms. The molecule has 0 fully saturated rings. The first-order valence-corrected chi connectivity index (χ1v) is 5.83. The lowest BCUT2D eigenvalue weighted by molar-refractivity contribution is 0.0520. The van der Waals surface area contributed by atoms with Crippen LogP contribution in [0.4, 0.5) is 4.79 Å². The van der Waals surface area contributed by atoms with Crippen LogP contribution in [-0.2, 0) is 13.8 Å². The standard InChI is InChI=1S/C10H20NO4P/c1-5-7-13-16-14-8-6-11-9(12)15-10(2,3)4/h5,16H,1,6-8H2,2-4H3,(H,11,12). The van der Waals surface area contributed by atoms with Crippen molar-refractivity contribution >= 4 is 15.1 Å². The molecule has 0 rings (SSSR count). The van der Waals surface area contributed by atoms with E-state index in [4.69, 9.17) is 13.8 Å². The van der Waals surface area contributed by atoms with Crippen molar-refractivity contribution in [3.63, 3.8) is 0 Å². The maximum atomic E-state index is 11.2. The molecule has 0 aromatic heterocycles. The fourth-order valence-corrected chi connectivity index (χ4v) is 1.15. The van der Waals surface area contributed by atoms with Gasteiger partial charge in [-0.15, -0.1) is 6.58 Å². The molecule has 0 bridgehead atoms. The number of nitrogens with one attached hydrogen (secondary N) is 1. The Kier molecular flexibility index (Phi) is 8.16. The SMILES string of the molecule is C=CCOPOCCNC(=O)OC(C)(C)C. The highest BCUT2D eigenvalue weighted by molar-refractivity contribution is 7.26. The minimum atomic E-state index is -0.472. The highest BCUT2D eigenvalue weighted by Gasteiger charge is 2.15. The highest BCUT2D eigenvalue weighted by atomic mass is 31.1. The van der Waals surface area contributed by atoms with Gasteiger partial charge in [-0.05, 0) is 20.8 Å². The number of hydrogen-bond donors (Lipinski definition) is 1. The third kappa shape index (κ3) is 11.4. The Morgan fingerprint density at radius 1 is 1.44 bits per heavy atom. The van der Waals surface area contributed by atoms with Crippen LogP contribution in [0.2, 0.25) is 0 Å². The van der Waals surface area contributed by atoms with Crippen LogP contribution < -0.4 is 5.32 Å². The number of carbonyl (C=O) groups is 1. The smallest absolute Gasteiger partial charge is 0.407 e. The van der Waals surface area contributed by atoms with Crippen LogP contribution in [0, 0.1) is 0 Å². The summed E-state index contributed by atoms with van der Waals surface area (Å²) >= 11 is 0. The number of hydrogen-bond acceptors (Lipinski definition) is 4. The van der Waals surface area contributed by atoms with E-state index in [2.05, 4.69) is 11.9 Å². The zero-order chi connectivity index (χ0) is 12.4. The number of carbonyl (C=O) groups excluding carboxylic acids is 1. The first-order chi connectivity index (χ1) is 7.45. The molecule has 16 heavy (non-hydrogen) atoms. The highest BCUT2D eigenvalue weighted by Crippen LogP contribution is 2.12. The summed E-state index contributed by atoms with van der Waals surface area (Å²) in [6.07, 6.45) is 1.21. The van der Waals surface area contributed by atoms with Gasteiger partial charge < -0.3 is 19.1 Å². The van der Waals surface area contributed by atoms with Gasteiger partial charge in [0.15, 0.2) is 9.03 Å². The molecular formula is C10H20NO4P. The van der Waals surface area contributed by atoms with Crippen molar-refractivity contribution in [2.45, 2.75) is 26.4 Å². The summed E-state index contributed by atoms with van der Waals surface area (Å²) in [7, 11) is -0.0312. The van der Waals surface area contributed by atoms with Crippen molar-refractivity contribution < 1.29 is 18.6 Å². The summed E-state index contributed by atoms with van der Waals surface area (Å²) in [5, 5.41) is 2.57. The lowest BCUT2D eigenvalue weighted by Crippen LogP contribution is -2.34. The zero-order valence-electron chi connectivity index (χ0n) is 10.0. The Labute approximate surface area is 98.5 Å². The molecule has 1 amide bonds. The van der Waals surface area contributed by atoms with Gasteiger partial charge in [0.25, 0.3) is 0 Å². The average Bonchev–Trinajstić information content (AvgIpc) is 2.13. The second-order valence-electron chi connectivity index (χ2n) is 3.96. The summed E-state index contributed by atoms with van der Waals surface area (Å²) in [6.45, 7) is 10.2. The largest absolute Gasteiger partial charge is 0.444 e. The van der Waals surface area contributed by atoms with Gasteiger partial charge in [0.05, 0.1) is 13.2 Å². The number of alkyl carbamates (subject to hydrolysis) is 1. The molecule has 1 unspecified atom stereocenters. The van der Waals surface area contributed by atoms with Crippen LogP contribution in [0.15, 0.2) is 12.7 Å². The van der Waals surface area contributed by atoms with E-state index in [-0.39, 0.29) is 9.03 Å². The predicted octanol–water partition coefficient (Wildman–Crippen LogP) is 2.24. The molecule has 6 heteroatoms. The summed E-state index contributed by atoms with van der Waals surface area (Å²) < 4.78 is 15.2. The molecule has 94 valence electrons. The third-order valence-electron chi connectivity index (χ3n) is 1.19. The molecule has 0 aliphatic rings. The van der Waals surface area contributed by atoms with Gasteiger partial charge in [0, 0.05) is 6.54 Å². The first-order valence-electron chi connectivity index (χ1n) is 5.02. The van der Waals surface area contributed by atoms with Crippen LogP contribution in [0.3, 0.4) is 0 Å². The number of rotatable bonds is 7. The van der Waals surface area contributed by atoms with E-state index >= 15 is 0 Å². The van der Waals surface area contributed by atoms with Gasteiger partial charge in [-0.25, -0.2) is 4.79 Å². The Morgan fingerprint density at radius 2 is 2.12 bits per heavy atom. The number of ether oxygens (including phenoxy) is 1. The van der Waals surface area contributed by atoms with Gasteiger partial charge in [-0.3, -0.25) is 0 Å². The lowest BCUT2D eigenvalue weighted by atomic mass is 10.2. The Hall–Kier alpha value is -0.640. The quantitative estimate of drug-likeness (QED) is 0.427. The summed E-state index contributed by atoms with van der Waals surface area (Å²) in [4.78, 5) is 11.2. The van der Waals surface area contributed by atoms with E-state index in [1.54, 1.807) is 6.08 Å². The number of amides is 1. The predicted molar refractivity (Wildman–Crippen MR) is 64.7 cm³/mol. The fraction of sp³-hybridized carbons (Fsp3) is 0.700. The molecule has 0 aromatic rings. The molecule has 0 saturated carbocycles. The molecular weight excluding hydrogens is 229 g/mol. The van der Waals surface area contributed by atoms with Crippen molar-refractivity contribution in [2.75, 3.05) is 19.8 Å². The molecule has 0 saturated heterocycles. The minimum Gasteiger partial charge on any atom is -0.444 e. The van der Waals surface area contributed by atoms with Crippen LogP contribution in [-0.4, -0.2) is 31.5 Å². The van der Waals surface area contributed by atoms with Crippen molar-refractivity contribution in [1.29, 1.82) is 0 Å². The van der Waals surface area contributed by atoms with E-state index in [1.807, 2.05) is 20.8 Å². The maximum absolute atomic E-state index is 11.2. The van der Waals surface area contributed by atoms with E-state index in [9.17, 15) is 4.79 Å². The summed E-state index contributed by atoms with van der Waals surface area (Å²) in [5.41, 5.74) is -0.472. The van der Waals surface area contributed by atoms with Gasteiger partial charge in [-0.1, -0.05) is 6.08 Å². The summed E-state index contributed by atoms with van der Waals surface area (Å²) in [5.74, 6) is 0. The molecule has 0 aliphatic heterocycles. The monoisotopic (exact) mass is 249 g/mol. The van der Waals surface area contributed by atoms with Gasteiger partial charge in [0.2, 0.25) is 0 Å². The molecule has 0 aromatic carbocycles. The van der Waals surface area contributed by atoms with Crippen molar-refractivity contribution in [3.05, 3.63) is 12.7 Å². The molecule has 5 nitrogen and oxygen atoms in total. The van der Waals surface area contributed by atoms with Crippen molar-refractivity contribution in [2.24, 2.45) is 0 Å². The summed E-state index contributed by atoms with van der Waals surface area (Å²) in [6, 6.07) is 0. The van der Waals surface area contributed by atoms with Gasteiger partial charge in [-0.2, -0.15) is 0 Å². The van der Waals surface area contributed by atoms with Crippen LogP contribution in [0.25, 0.3) is 0 Å². The van der Waals surface area contributed by atoms with Gasteiger partial charge >= 0.3 is 6.09 Å².